The minimum atomic E-state index is -0.910. The first-order valence-electron chi connectivity index (χ1n) is 7.71. The van der Waals surface area contributed by atoms with E-state index in [-0.39, 0.29) is 6.61 Å². The smallest absolute Gasteiger partial charge is 0.320 e. The predicted octanol–water partition coefficient (Wildman–Crippen LogP) is 4.91. The average molecular weight is 463 g/mol. The number of methoxy groups -OCH3 is 1. The maximum atomic E-state index is 10.9. The quantitative estimate of drug-likeness (QED) is 0.583. The van der Waals surface area contributed by atoms with Gasteiger partial charge in [-0.25, -0.2) is 0 Å². The molecule has 5 nitrogen and oxygen atoms in total. The standard InChI is InChI=1S/C18H18BrCl2NO4/c1-10(18(23)24)22-8-11-6-13(19)17(16(7-11)25-2)26-9-12-14(20)4-3-5-15(12)21/h3-7,10,22H,8-9H2,1-2H3,(H,23,24). The summed E-state index contributed by atoms with van der Waals surface area (Å²) in [4.78, 5) is 10.9. The van der Waals surface area contributed by atoms with Gasteiger partial charge in [0, 0.05) is 22.2 Å². The molecule has 0 radical (unpaired) electrons. The minimum absolute atomic E-state index is 0.182. The number of carbonyl (C=O) groups is 1. The lowest BCUT2D eigenvalue weighted by Gasteiger charge is -2.16. The molecular formula is C18H18BrCl2NO4. The van der Waals surface area contributed by atoms with Crippen LogP contribution in [0.2, 0.25) is 10.0 Å². The van der Waals surface area contributed by atoms with Crippen molar-refractivity contribution in [2.45, 2.75) is 26.1 Å². The molecule has 0 aliphatic rings. The van der Waals surface area contributed by atoms with E-state index in [1.54, 1.807) is 31.2 Å². The van der Waals surface area contributed by atoms with Crippen LogP contribution >= 0.6 is 39.1 Å². The Morgan fingerprint density at radius 1 is 1.31 bits per heavy atom. The third kappa shape index (κ3) is 5.27. The summed E-state index contributed by atoms with van der Waals surface area (Å²) >= 11 is 15.8. The highest BCUT2D eigenvalue weighted by Crippen LogP contribution is 2.38. The van der Waals surface area contributed by atoms with Gasteiger partial charge in [-0.1, -0.05) is 29.3 Å². The van der Waals surface area contributed by atoms with Gasteiger partial charge >= 0.3 is 5.97 Å². The molecule has 0 heterocycles. The number of hydrogen-bond acceptors (Lipinski definition) is 4. The van der Waals surface area contributed by atoms with Crippen molar-refractivity contribution in [2.75, 3.05) is 7.11 Å². The maximum absolute atomic E-state index is 10.9. The van der Waals surface area contributed by atoms with E-state index >= 15 is 0 Å². The molecule has 0 aliphatic heterocycles. The van der Waals surface area contributed by atoms with Gasteiger partial charge in [0.2, 0.25) is 0 Å². The molecule has 1 atom stereocenters. The zero-order valence-corrected chi connectivity index (χ0v) is 17.3. The summed E-state index contributed by atoms with van der Waals surface area (Å²) in [6.45, 7) is 2.14. The van der Waals surface area contributed by atoms with Gasteiger partial charge in [0.15, 0.2) is 11.5 Å². The van der Waals surface area contributed by atoms with Crippen LogP contribution in [0.4, 0.5) is 0 Å². The van der Waals surface area contributed by atoms with Crippen LogP contribution < -0.4 is 14.8 Å². The van der Waals surface area contributed by atoms with E-state index in [9.17, 15) is 4.79 Å². The van der Waals surface area contributed by atoms with Crippen molar-refractivity contribution in [3.8, 4) is 11.5 Å². The van der Waals surface area contributed by atoms with Crippen molar-refractivity contribution in [3.63, 3.8) is 0 Å². The number of hydrogen-bond donors (Lipinski definition) is 2. The van der Waals surface area contributed by atoms with Crippen LogP contribution in [0.5, 0.6) is 11.5 Å². The first-order valence-corrected chi connectivity index (χ1v) is 9.26. The SMILES string of the molecule is COc1cc(CNC(C)C(=O)O)cc(Br)c1OCc1c(Cl)cccc1Cl. The molecule has 2 aromatic carbocycles. The largest absolute Gasteiger partial charge is 0.493 e. The molecule has 0 saturated heterocycles. The Bertz CT molecular complexity index is 781. The van der Waals surface area contributed by atoms with Gasteiger partial charge in [-0.2, -0.15) is 0 Å². The molecule has 8 heteroatoms. The van der Waals surface area contributed by atoms with Crippen molar-refractivity contribution >= 4 is 45.1 Å². The monoisotopic (exact) mass is 461 g/mol. The Hall–Kier alpha value is -1.47. The number of carboxylic acid groups (broad SMARTS) is 1. The van der Waals surface area contributed by atoms with E-state index < -0.39 is 12.0 Å². The first kappa shape index (κ1) is 20.8. The topological polar surface area (TPSA) is 67.8 Å². The molecular weight excluding hydrogens is 445 g/mol. The zero-order chi connectivity index (χ0) is 19.3. The fourth-order valence-corrected chi connectivity index (χ4v) is 3.30. The van der Waals surface area contributed by atoms with Crippen molar-refractivity contribution in [2.24, 2.45) is 0 Å². The Balaban J connectivity index is 2.17. The summed E-state index contributed by atoms with van der Waals surface area (Å²) in [5.41, 5.74) is 1.54. The van der Waals surface area contributed by atoms with E-state index in [4.69, 9.17) is 37.8 Å². The third-order valence-corrected chi connectivity index (χ3v) is 4.99. The van der Waals surface area contributed by atoms with Crippen molar-refractivity contribution in [3.05, 3.63) is 56.0 Å². The lowest BCUT2D eigenvalue weighted by Crippen LogP contribution is -2.33. The number of rotatable bonds is 8. The van der Waals surface area contributed by atoms with E-state index in [0.29, 0.717) is 38.1 Å². The molecule has 0 bridgehead atoms. The highest BCUT2D eigenvalue weighted by molar-refractivity contribution is 9.10. The molecule has 2 N–H and O–H groups in total. The second-order valence-corrected chi connectivity index (χ2v) is 7.21. The van der Waals surface area contributed by atoms with E-state index in [2.05, 4.69) is 21.2 Å². The normalized spacial score (nSPS) is 11.9. The van der Waals surface area contributed by atoms with Crippen molar-refractivity contribution in [1.82, 2.24) is 5.32 Å². The molecule has 0 saturated carbocycles. The third-order valence-electron chi connectivity index (χ3n) is 3.69. The Morgan fingerprint density at radius 3 is 2.54 bits per heavy atom. The molecule has 0 amide bonds. The van der Waals surface area contributed by atoms with Gasteiger partial charge in [-0.15, -0.1) is 0 Å². The summed E-state index contributed by atoms with van der Waals surface area (Å²) in [5.74, 6) is 0.119. The Kier molecular flexibility index (Phi) is 7.58. The van der Waals surface area contributed by atoms with E-state index in [1.165, 1.54) is 7.11 Å². The summed E-state index contributed by atoms with van der Waals surface area (Å²) in [7, 11) is 1.54. The van der Waals surface area contributed by atoms with Gasteiger partial charge in [0.05, 0.1) is 11.6 Å². The van der Waals surface area contributed by atoms with Crippen LogP contribution in [0.15, 0.2) is 34.8 Å². The average Bonchev–Trinajstić information content (AvgIpc) is 2.59. The highest BCUT2D eigenvalue weighted by Gasteiger charge is 2.15. The van der Waals surface area contributed by atoms with Gasteiger partial charge in [0.1, 0.15) is 12.6 Å². The summed E-state index contributed by atoms with van der Waals surface area (Å²) in [5, 5.41) is 12.9. The molecule has 0 aliphatic carbocycles. The van der Waals surface area contributed by atoms with Gasteiger partial charge in [-0.3, -0.25) is 4.79 Å². The fraction of sp³-hybridized carbons (Fsp3) is 0.278. The number of benzene rings is 2. The van der Waals surface area contributed by atoms with E-state index in [0.717, 1.165) is 5.56 Å². The van der Waals surface area contributed by atoms with Crippen molar-refractivity contribution < 1.29 is 19.4 Å². The maximum Gasteiger partial charge on any atom is 0.320 e. The molecule has 1 unspecified atom stereocenters. The second-order valence-electron chi connectivity index (χ2n) is 5.54. The molecule has 26 heavy (non-hydrogen) atoms. The predicted molar refractivity (Wildman–Crippen MR) is 105 cm³/mol. The lowest BCUT2D eigenvalue weighted by atomic mass is 10.2. The molecule has 0 aromatic heterocycles. The number of nitrogens with one attached hydrogen (secondary N) is 1. The minimum Gasteiger partial charge on any atom is -0.493 e. The van der Waals surface area contributed by atoms with Crippen LogP contribution in [0, 0.1) is 0 Å². The zero-order valence-electron chi connectivity index (χ0n) is 14.2. The van der Waals surface area contributed by atoms with E-state index in [1.807, 2.05) is 6.07 Å². The Labute approximate surface area is 170 Å². The molecule has 140 valence electrons. The van der Waals surface area contributed by atoms with Crippen LogP contribution in [0.3, 0.4) is 0 Å². The fourth-order valence-electron chi connectivity index (χ4n) is 2.19. The number of ether oxygens (including phenoxy) is 2. The highest BCUT2D eigenvalue weighted by atomic mass is 79.9. The van der Waals surface area contributed by atoms with Gasteiger partial charge < -0.3 is 19.9 Å². The number of aliphatic carboxylic acids is 1. The lowest BCUT2D eigenvalue weighted by molar-refractivity contribution is -0.139. The van der Waals surface area contributed by atoms with Crippen LogP contribution in [0.1, 0.15) is 18.1 Å². The van der Waals surface area contributed by atoms with Gasteiger partial charge in [-0.05, 0) is 52.7 Å². The first-order chi connectivity index (χ1) is 12.3. The summed E-state index contributed by atoms with van der Waals surface area (Å²) in [6, 6.07) is 8.24. The molecule has 2 rings (SSSR count). The van der Waals surface area contributed by atoms with Gasteiger partial charge in [0.25, 0.3) is 0 Å². The van der Waals surface area contributed by atoms with Crippen molar-refractivity contribution in [1.29, 1.82) is 0 Å². The van der Waals surface area contributed by atoms with Crippen LogP contribution in [-0.2, 0) is 17.9 Å². The summed E-state index contributed by atoms with van der Waals surface area (Å²) < 4.78 is 12.0. The number of halogens is 3. The molecule has 0 spiro atoms. The van der Waals surface area contributed by atoms with Crippen LogP contribution in [-0.4, -0.2) is 24.2 Å². The number of carboxylic acids is 1. The summed E-state index contributed by atoms with van der Waals surface area (Å²) in [6.07, 6.45) is 0. The molecule has 0 fully saturated rings. The Morgan fingerprint density at radius 2 is 1.96 bits per heavy atom. The van der Waals surface area contributed by atoms with Crippen LogP contribution in [0.25, 0.3) is 0 Å². The second kappa shape index (κ2) is 9.46. The molecule has 2 aromatic rings.